The molecule has 3 rings (SSSR count). The average Bonchev–Trinajstić information content (AvgIpc) is 3.14. The number of hydrogen-bond acceptors (Lipinski definition) is 4. The highest BCUT2D eigenvalue weighted by molar-refractivity contribution is 5.77. The van der Waals surface area contributed by atoms with E-state index in [-0.39, 0.29) is 17.9 Å². The summed E-state index contributed by atoms with van der Waals surface area (Å²) in [5.41, 5.74) is 1.33. The van der Waals surface area contributed by atoms with Crippen LogP contribution in [0, 0.1) is 5.92 Å². The molecule has 2 saturated heterocycles. The molecule has 2 fully saturated rings. The third kappa shape index (κ3) is 6.60. The first-order valence-electron chi connectivity index (χ1n) is 10.6. The van der Waals surface area contributed by atoms with Gasteiger partial charge in [-0.1, -0.05) is 30.3 Å². The van der Waals surface area contributed by atoms with Crippen LogP contribution < -0.4 is 10.6 Å². The SMILES string of the molecule is CNC(=O)CN1CCC(CCC(=O)NC2CCN(Cc3ccccc3)C2)CC1. The fourth-order valence-corrected chi connectivity index (χ4v) is 4.29. The van der Waals surface area contributed by atoms with Crippen molar-refractivity contribution in [1.29, 1.82) is 0 Å². The van der Waals surface area contributed by atoms with Crippen molar-refractivity contribution < 1.29 is 9.59 Å². The quantitative estimate of drug-likeness (QED) is 0.713. The molecule has 0 bridgehead atoms. The Bertz CT molecular complexity index is 629. The highest BCUT2D eigenvalue weighted by atomic mass is 16.2. The highest BCUT2D eigenvalue weighted by Gasteiger charge is 2.25. The van der Waals surface area contributed by atoms with Crippen LogP contribution in [0.3, 0.4) is 0 Å². The van der Waals surface area contributed by atoms with E-state index >= 15 is 0 Å². The Morgan fingerprint density at radius 3 is 2.43 bits per heavy atom. The number of nitrogens with zero attached hydrogens (tertiary/aromatic N) is 2. The largest absolute Gasteiger partial charge is 0.358 e. The monoisotopic (exact) mass is 386 g/mol. The molecule has 1 aromatic carbocycles. The Labute approximate surface area is 168 Å². The number of piperidine rings is 1. The summed E-state index contributed by atoms with van der Waals surface area (Å²) < 4.78 is 0. The summed E-state index contributed by atoms with van der Waals surface area (Å²) in [5, 5.41) is 5.91. The van der Waals surface area contributed by atoms with E-state index < -0.39 is 0 Å². The second-order valence-corrected chi connectivity index (χ2v) is 8.21. The van der Waals surface area contributed by atoms with Gasteiger partial charge in [0.25, 0.3) is 0 Å². The second-order valence-electron chi connectivity index (χ2n) is 8.21. The van der Waals surface area contributed by atoms with Crippen LogP contribution in [0.25, 0.3) is 0 Å². The van der Waals surface area contributed by atoms with Crippen molar-refractivity contribution in [2.24, 2.45) is 5.92 Å². The van der Waals surface area contributed by atoms with Crippen LogP contribution in [0.1, 0.15) is 37.7 Å². The normalized spacial score (nSPS) is 21.5. The van der Waals surface area contributed by atoms with E-state index in [0.717, 1.165) is 58.4 Å². The maximum Gasteiger partial charge on any atom is 0.233 e. The zero-order valence-electron chi connectivity index (χ0n) is 17.0. The average molecular weight is 387 g/mol. The van der Waals surface area contributed by atoms with E-state index in [4.69, 9.17) is 0 Å². The van der Waals surface area contributed by atoms with Crippen LogP contribution in [0.15, 0.2) is 30.3 Å². The molecule has 0 spiro atoms. The molecular formula is C22H34N4O2. The van der Waals surface area contributed by atoms with Crippen LogP contribution >= 0.6 is 0 Å². The number of nitrogens with one attached hydrogen (secondary N) is 2. The Balaban J connectivity index is 1.29. The van der Waals surface area contributed by atoms with E-state index in [1.807, 2.05) is 6.07 Å². The van der Waals surface area contributed by atoms with Gasteiger partial charge in [0.2, 0.25) is 11.8 Å². The summed E-state index contributed by atoms with van der Waals surface area (Å²) in [6, 6.07) is 10.8. The Morgan fingerprint density at radius 2 is 1.71 bits per heavy atom. The van der Waals surface area contributed by atoms with Gasteiger partial charge in [0.1, 0.15) is 0 Å². The molecule has 2 N–H and O–H groups in total. The summed E-state index contributed by atoms with van der Waals surface area (Å²) in [5.74, 6) is 0.875. The molecule has 0 aliphatic carbocycles. The molecule has 6 heteroatoms. The number of hydrogen-bond donors (Lipinski definition) is 2. The third-order valence-electron chi connectivity index (χ3n) is 6.02. The molecule has 1 aromatic rings. The lowest BCUT2D eigenvalue weighted by Crippen LogP contribution is -2.41. The molecule has 1 atom stereocenters. The Hall–Kier alpha value is -1.92. The first-order chi connectivity index (χ1) is 13.6. The van der Waals surface area contributed by atoms with E-state index in [1.54, 1.807) is 7.05 Å². The predicted octanol–water partition coefficient (Wildman–Crippen LogP) is 1.62. The molecular weight excluding hydrogens is 352 g/mol. The van der Waals surface area contributed by atoms with Gasteiger partial charge in [-0.25, -0.2) is 0 Å². The lowest BCUT2D eigenvalue weighted by molar-refractivity contribution is -0.122. The molecule has 6 nitrogen and oxygen atoms in total. The lowest BCUT2D eigenvalue weighted by Gasteiger charge is -2.31. The Kier molecular flexibility index (Phi) is 7.86. The molecule has 2 amide bonds. The van der Waals surface area contributed by atoms with Gasteiger partial charge in [-0.2, -0.15) is 0 Å². The van der Waals surface area contributed by atoms with Gasteiger partial charge in [0.05, 0.1) is 6.54 Å². The molecule has 28 heavy (non-hydrogen) atoms. The minimum absolute atomic E-state index is 0.0794. The van der Waals surface area contributed by atoms with Crippen molar-refractivity contribution >= 4 is 11.8 Å². The second kappa shape index (κ2) is 10.6. The number of likely N-dealkylation sites (N-methyl/N-ethyl adjacent to an activating group) is 1. The molecule has 0 aromatic heterocycles. The van der Waals surface area contributed by atoms with Crippen LogP contribution in [-0.4, -0.2) is 67.4 Å². The zero-order valence-corrected chi connectivity index (χ0v) is 17.0. The number of amides is 2. The lowest BCUT2D eigenvalue weighted by atomic mass is 9.92. The van der Waals surface area contributed by atoms with Gasteiger partial charge in [0, 0.05) is 39.1 Å². The van der Waals surface area contributed by atoms with Gasteiger partial charge in [-0.15, -0.1) is 0 Å². The van der Waals surface area contributed by atoms with Crippen molar-refractivity contribution in [3.05, 3.63) is 35.9 Å². The van der Waals surface area contributed by atoms with Crippen molar-refractivity contribution in [1.82, 2.24) is 20.4 Å². The van der Waals surface area contributed by atoms with Gasteiger partial charge in [-0.3, -0.25) is 19.4 Å². The zero-order chi connectivity index (χ0) is 19.8. The number of benzene rings is 1. The summed E-state index contributed by atoms with van der Waals surface area (Å²) in [7, 11) is 1.68. The fraction of sp³-hybridized carbons (Fsp3) is 0.636. The predicted molar refractivity (Wildman–Crippen MR) is 111 cm³/mol. The van der Waals surface area contributed by atoms with Gasteiger partial charge < -0.3 is 10.6 Å². The van der Waals surface area contributed by atoms with E-state index in [1.165, 1.54) is 5.56 Å². The Morgan fingerprint density at radius 1 is 1.00 bits per heavy atom. The molecule has 0 radical (unpaired) electrons. The smallest absolute Gasteiger partial charge is 0.233 e. The van der Waals surface area contributed by atoms with E-state index in [0.29, 0.717) is 18.9 Å². The topological polar surface area (TPSA) is 64.7 Å². The van der Waals surface area contributed by atoms with Crippen LogP contribution in [0.2, 0.25) is 0 Å². The first kappa shape index (κ1) is 20.8. The molecule has 0 saturated carbocycles. The van der Waals surface area contributed by atoms with Crippen LogP contribution in [0.5, 0.6) is 0 Å². The van der Waals surface area contributed by atoms with Crippen LogP contribution in [-0.2, 0) is 16.1 Å². The fourth-order valence-electron chi connectivity index (χ4n) is 4.29. The summed E-state index contributed by atoms with van der Waals surface area (Å²) in [6.45, 7) is 5.35. The number of carbonyl (C=O) groups is 2. The van der Waals surface area contributed by atoms with Gasteiger partial charge in [-0.05, 0) is 50.3 Å². The highest BCUT2D eigenvalue weighted by Crippen LogP contribution is 2.22. The summed E-state index contributed by atoms with van der Waals surface area (Å²) in [6.07, 6.45) is 4.78. The van der Waals surface area contributed by atoms with Crippen molar-refractivity contribution in [3.8, 4) is 0 Å². The third-order valence-corrected chi connectivity index (χ3v) is 6.02. The summed E-state index contributed by atoms with van der Waals surface area (Å²) in [4.78, 5) is 28.4. The number of rotatable bonds is 8. The van der Waals surface area contributed by atoms with Crippen molar-refractivity contribution in [2.45, 2.75) is 44.7 Å². The number of carbonyl (C=O) groups excluding carboxylic acids is 2. The standard InChI is InChI=1S/C22H34N4O2/c1-23-22(28)17-25-12-9-18(10-13-25)7-8-21(27)24-20-11-14-26(16-20)15-19-5-3-2-4-6-19/h2-6,18,20H,7-17H2,1H3,(H,23,28)(H,24,27). The molecule has 2 aliphatic heterocycles. The van der Waals surface area contributed by atoms with Crippen LogP contribution in [0.4, 0.5) is 0 Å². The maximum atomic E-state index is 12.4. The van der Waals surface area contributed by atoms with E-state index in [2.05, 4.69) is 44.7 Å². The van der Waals surface area contributed by atoms with Crippen molar-refractivity contribution in [2.75, 3.05) is 39.8 Å². The van der Waals surface area contributed by atoms with E-state index in [9.17, 15) is 9.59 Å². The molecule has 2 heterocycles. The molecule has 2 aliphatic rings. The molecule has 1 unspecified atom stereocenters. The maximum absolute atomic E-state index is 12.4. The minimum Gasteiger partial charge on any atom is -0.358 e. The van der Waals surface area contributed by atoms with Gasteiger partial charge in [0.15, 0.2) is 0 Å². The first-order valence-corrected chi connectivity index (χ1v) is 10.6. The van der Waals surface area contributed by atoms with Crippen molar-refractivity contribution in [3.63, 3.8) is 0 Å². The summed E-state index contributed by atoms with van der Waals surface area (Å²) >= 11 is 0. The number of likely N-dealkylation sites (tertiary alicyclic amines) is 2. The minimum atomic E-state index is 0.0794. The molecule has 154 valence electrons. The van der Waals surface area contributed by atoms with Gasteiger partial charge >= 0.3 is 0 Å².